The van der Waals surface area contributed by atoms with Gasteiger partial charge in [-0.05, 0) is 53.3 Å². The third kappa shape index (κ3) is 4.91. The van der Waals surface area contributed by atoms with Crippen molar-refractivity contribution in [1.29, 1.82) is 0 Å². The minimum absolute atomic E-state index is 0.419. The summed E-state index contributed by atoms with van der Waals surface area (Å²) in [7, 11) is 2.03. The lowest BCUT2D eigenvalue weighted by atomic mass is 9.92. The quantitative estimate of drug-likeness (QED) is 0.265. The first-order chi connectivity index (χ1) is 17.4. The molecule has 1 aromatic heterocycles. The van der Waals surface area contributed by atoms with Crippen molar-refractivity contribution in [2.75, 3.05) is 18.7 Å². The van der Waals surface area contributed by atoms with Crippen molar-refractivity contribution in [3.05, 3.63) is 90.3 Å². The summed E-state index contributed by atoms with van der Waals surface area (Å²) in [6.07, 6.45) is 5.86. The smallest absolute Gasteiger partial charge is 0.144 e. The molecule has 3 aromatic carbocycles. The zero-order valence-corrected chi connectivity index (χ0v) is 22.4. The van der Waals surface area contributed by atoms with Gasteiger partial charge in [0.2, 0.25) is 0 Å². The first kappa shape index (κ1) is 24.2. The van der Waals surface area contributed by atoms with Crippen LogP contribution in [-0.4, -0.2) is 34.5 Å². The normalized spacial score (nSPS) is 13.4. The van der Waals surface area contributed by atoms with Gasteiger partial charge in [-0.25, -0.2) is 9.99 Å². The maximum atomic E-state index is 4.81. The van der Waals surface area contributed by atoms with Gasteiger partial charge in [-0.15, -0.1) is 0 Å². The predicted octanol–water partition coefficient (Wildman–Crippen LogP) is 7.59. The summed E-state index contributed by atoms with van der Waals surface area (Å²) < 4.78 is 2.27. The van der Waals surface area contributed by atoms with Crippen LogP contribution in [0.15, 0.2) is 94.0 Å². The van der Waals surface area contributed by atoms with Crippen LogP contribution in [0.3, 0.4) is 0 Å². The number of rotatable bonds is 7. The first-order valence-corrected chi connectivity index (χ1v) is 13.3. The third-order valence-corrected chi connectivity index (χ3v) is 7.39. The van der Waals surface area contributed by atoms with Crippen LogP contribution in [0.25, 0.3) is 17.1 Å². The van der Waals surface area contributed by atoms with Gasteiger partial charge in [0.25, 0.3) is 0 Å². The molecule has 5 nitrogen and oxygen atoms in total. The Morgan fingerprint density at radius 1 is 0.833 bits per heavy atom. The topological polar surface area (TPSA) is 36.7 Å². The van der Waals surface area contributed by atoms with E-state index in [1.807, 2.05) is 24.6 Å². The minimum Gasteiger partial charge on any atom is -0.345 e. The van der Waals surface area contributed by atoms with Gasteiger partial charge < -0.3 is 4.90 Å². The summed E-state index contributed by atoms with van der Waals surface area (Å²) in [5.74, 6) is 1.81. The number of anilines is 1. The molecule has 36 heavy (non-hydrogen) atoms. The number of para-hydroxylation sites is 1. The SMILES string of the molecule is CC(C)c1cccc(C(C)C)c1-n1ccnc1-c1cccc(Sc2cccc(N3CN(C)C=N3)c2)c1. The molecule has 0 spiro atoms. The average Bonchev–Trinajstić information content (AvgIpc) is 3.53. The Labute approximate surface area is 218 Å². The minimum atomic E-state index is 0.419. The van der Waals surface area contributed by atoms with Crippen LogP contribution in [0.1, 0.15) is 50.7 Å². The monoisotopic (exact) mass is 495 g/mol. The molecule has 0 radical (unpaired) electrons. The van der Waals surface area contributed by atoms with Crippen molar-refractivity contribution in [2.24, 2.45) is 5.10 Å². The van der Waals surface area contributed by atoms with E-state index < -0.39 is 0 Å². The average molecular weight is 496 g/mol. The van der Waals surface area contributed by atoms with Gasteiger partial charge in [0, 0.05) is 34.8 Å². The highest BCUT2D eigenvalue weighted by atomic mass is 32.2. The highest BCUT2D eigenvalue weighted by Gasteiger charge is 2.19. The summed E-state index contributed by atoms with van der Waals surface area (Å²) in [6, 6.07) is 23.9. The molecular formula is C30H33N5S. The molecule has 0 amide bonds. The van der Waals surface area contributed by atoms with Crippen LogP contribution < -0.4 is 5.01 Å². The van der Waals surface area contributed by atoms with Crippen LogP contribution in [0.4, 0.5) is 5.69 Å². The van der Waals surface area contributed by atoms with E-state index in [1.54, 1.807) is 11.8 Å². The maximum absolute atomic E-state index is 4.81. The highest BCUT2D eigenvalue weighted by molar-refractivity contribution is 7.99. The highest BCUT2D eigenvalue weighted by Crippen LogP contribution is 2.36. The molecule has 1 aliphatic heterocycles. The van der Waals surface area contributed by atoms with E-state index in [2.05, 4.69) is 115 Å². The van der Waals surface area contributed by atoms with Crippen LogP contribution in [0.5, 0.6) is 0 Å². The molecule has 1 aliphatic rings. The van der Waals surface area contributed by atoms with Gasteiger partial charge >= 0.3 is 0 Å². The molecule has 0 fully saturated rings. The fourth-order valence-electron chi connectivity index (χ4n) is 4.61. The molecule has 184 valence electrons. The van der Waals surface area contributed by atoms with E-state index >= 15 is 0 Å². The predicted molar refractivity (Wildman–Crippen MR) is 151 cm³/mol. The van der Waals surface area contributed by atoms with Crippen LogP contribution >= 0.6 is 11.8 Å². The Morgan fingerprint density at radius 2 is 1.50 bits per heavy atom. The Balaban J connectivity index is 1.48. The number of benzene rings is 3. The second-order valence-electron chi connectivity index (χ2n) is 9.87. The van der Waals surface area contributed by atoms with Gasteiger partial charge in [-0.3, -0.25) is 4.57 Å². The fourth-order valence-corrected chi connectivity index (χ4v) is 5.54. The largest absolute Gasteiger partial charge is 0.345 e. The van der Waals surface area contributed by atoms with Crippen molar-refractivity contribution in [2.45, 2.75) is 49.3 Å². The molecular weight excluding hydrogens is 462 g/mol. The van der Waals surface area contributed by atoms with Crippen molar-refractivity contribution >= 4 is 23.8 Å². The lowest BCUT2D eigenvalue weighted by Gasteiger charge is -2.22. The van der Waals surface area contributed by atoms with Crippen molar-refractivity contribution < 1.29 is 0 Å². The van der Waals surface area contributed by atoms with Gasteiger partial charge in [-0.2, -0.15) is 5.10 Å². The number of aromatic nitrogens is 2. The summed E-state index contributed by atoms with van der Waals surface area (Å²) >= 11 is 1.76. The fraction of sp³-hybridized carbons (Fsp3) is 0.267. The molecule has 0 unspecified atom stereocenters. The molecule has 0 atom stereocenters. The standard InChI is InChI=1S/C30H33N5S/c1-21(2)27-13-8-14-28(22(3)4)29(27)34-16-15-31-30(34)23-9-6-11-25(17-23)36-26-12-7-10-24(18-26)35-20-33(5)19-32-35/h6-19,21-22H,20H2,1-5H3. The van der Waals surface area contributed by atoms with Gasteiger partial charge in [0.15, 0.2) is 0 Å². The first-order valence-electron chi connectivity index (χ1n) is 12.5. The van der Waals surface area contributed by atoms with E-state index in [0.29, 0.717) is 11.8 Å². The number of hydrogen-bond acceptors (Lipinski definition) is 5. The molecule has 0 N–H and O–H groups in total. The number of imidazole rings is 1. The van der Waals surface area contributed by atoms with E-state index in [9.17, 15) is 0 Å². The van der Waals surface area contributed by atoms with Crippen molar-refractivity contribution in [3.8, 4) is 17.1 Å². The third-order valence-electron chi connectivity index (χ3n) is 6.41. The summed E-state index contributed by atoms with van der Waals surface area (Å²) in [5.41, 5.74) is 6.16. The molecule has 4 aromatic rings. The second-order valence-corrected chi connectivity index (χ2v) is 11.0. The summed E-state index contributed by atoms with van der Waals surface area (Å²) in [4.78, 5) is 9.24. The zero-order chi connectivity index (χ0) is 25.2. The van der Waals surface area contributed by atoms with Crippen molar-refractivity contribution in [1.82, 2.24) is 14.5 Å². The van der Waals surface area contributed by atoms with Crippen LogP contribution in [0.2, 0.25) is 0 Å². The van der Waals surface area contributed by atoms with E-state index in [4.69, 9.17) is 4.98 Å². The Morgan fingerprint density at radius 3 is 2.17 bits per heavy atom. The Kier molecular flexibility index (Phi) is 6.88. The van der Waals surface area contributed by atoms with Gasteiger partial charge in [0.05, 0.1) is 11.4 Å². The van der Waals surface area contributed by atoms with Crippen LogP contribution in [-0.2, 0) is 0 Å². The number of nitrogens with zero attached hydrogens (tertiary/aromatic N) is 5. The molecule has 6 heteroatoms. The van der Waals surface area contributed by atoms with E-state index in [0.717, 1.165) is 23.7 Å². The number of hydrogen-bond donors (Lipinski definition) is 0. The summed E-state index contributed by atoms with van der Waals surface area (Å²) in [6.45, 7) is 9.81. The molecule has 0 aliphatic carbocycles. The maximum Gasteiger partial charge on any atom is 0.144 e. The van der Waals surface area contributed by atoms with Crippen molar-refractivity contribution in [3.63, 3.8) is 0 Å². The Hall–Kier alpha value is -3.51. The molecule has 0 saturated heterocycles. The zero-order valence-electron chi connectivity index (χ0n) is 21.6. The summed E-state index contributed by atoms with van der Waals surface area (Å²) in [5, 5.41) is 6.48. The van der Waals surface area contributed by atoms with Crippen LogP contribution in [0, 0.1) is 0 Å². The molecule has 2 heterocycles. The van der Waals surface area contributed by atoms with Gasteiger partial charge in [0.1, 0.15) is 18.8 Å². The van der Waals surface area contributed by atoms with Gasteiger partial charge in [-0.1, -0.05) is 75.9 Å². The van der Waals surface area contributed by atoms with E-state index in [-0.39, 0.29) is 0 Å². The Bertz CT molecular complexity index is 1360. The number of hydrazone groups is 1. The lowest BCUT2D eigenvalue weighted by molar-refractivity contribution is 0.549. The molecule has 0 saturated carbocycles. The second kappa shape index (κ2) is 10.2. The molecule has 0 bridgehead atoms. The molecule has 5 rings (SSSR count). The lowest BCUT2D eigenvalue weighted by Crippen LogP contribution is -2.22. The van der Waals surface area contributed by atoms with E-state index in [1.165, 1.54) is 26.6 Å².